The zero-order valence-corrected chi connectivity index (χ0v) is 19.5. The highest BCUT2D eigenvalue weighted by atomic mass is 28.4. The molecule has 1 fully saturated rings. The van der Waals surface area contributed by atoms with Crippen LogP contribution < -0.4 is 0 Å². The van der Waals surface area contributed by atoms with Crippen LogP contribution >= 0.6 is 0 Å². The van der Waals surface area contributed by atoms with Crippen molar-refractivity contribution in [1.29, 1.82) is 0 Å². The Bertz CT molecular complexity index is 809. The van der Waals surface area contributed by atoms with Crippen LogP contribution in [0.3, 0.4) is 0 Å². The summed E-state index contributed by atoms with van der Waals surface area (Å²) in [6.45, 7) is 9.66. The monoisotopic (exact) mass is 427 g/mol. The number of carbonyl (C=O) groups excluding carboxylic acids is 1. The van der Waals surface area contributed by atoms with Crippen molar-refractivity contribution in [3.05, 3.63) is 71.8 Å². The maximum Gasteiger partial charge on any atom is 0.243 e. The molecule has 2 aromatic carbocycles. The first-order chi connectivity index (χ1) is 14.3. The Labute approximate surface area is 181 Å². The van der Waals surface area contributed by atoms with E-state index in [1.165, 1.54) is 5.06 Å². The molecule has 0 N–H and O–H groups in total. The predicted octanol–water partition coefficient (Wildman–Crippen LogP) is 5.11. The Morgan fingerprint density at radius 1 is 1.10 bits per heavy atom. The van der Waals surface area contributed by atoms with E-state index in [1.54, 1.807) is 6.92 Å². The Morgan fingerprint density at radius 3 is 2.27 bits per heavy atom. The number of rotatable bonds is 10. The van der Waals surface area contributed by atoms with Crippen LogP contribution in [-0.2, 0) is 25.4 Å². The number of carbonyl (C=O) groups is 1. The Kier molecular flexibility index (Phi) is 7.47. The highest BCUT2D eigenvalue weighted by Crippen LogP contribution is 2.46. The van der Waals surface area contributed by atoms with Gasteiger partial charge in [0.1, 0.15) is 18.3 Å². The minimum absolute atomic E-state index is 0.0681. The zero-order valence-electron chi connectivity index (χ0n) is 18.5. The van der Waals surface area contributed by atoms with Gasteiger partial charge in [0.2, 0.25) is 5.91 Å². The number of ether oxygens (including phenoxy) is 1. The van der Waals surface area contributed by atoms with Crippen LogP contribution in [0.5, 0.6) is 0 Å². The molecular formula is C24H33NO4Si. The normalized spacial score (nSPS) is 21.1. The molecule has 0 bridgehead atoms. The summed E-state index contributed by atoms with van der Waals surface area (Å²) >= 11 is 0. The molecule has 0 aliphatic carbocycles. The number of benzene rings is 2. The summed E-state index contributed by atoms with van der Waals surface area (Å²) in [5.41, 5.74) is 1.85. The van der Waals surface area contributed by atoms with E-state index < -0.39 is 8.32 Å². The second kappa shape index (κ2) is 9.88. The summed E-state index contributed by atoms with van der Waals surface area (Å²) in [6.07, 6.45) is 1.53. The van der Waals surface area contributed by atoms with Crippen LogP contribution in [-0.4, -0.2) is 38.0 Å². The van der Waals surface area contributed by atoms with E-state index in [0.717, 1.165) is 24.0 Å². The van der Waals surface area contributed by atoms with Crippen molar-refractivity contribution >= 4 is 14.2 Å². The fourth-order valence-corrected chi connectivity index (χ4v) is 5.38. The summed E-state index contributed by atoms with van der Waals surface area (Å²) in [5.74, 6) is -0.0874. The third-order valence-corrected chi connectivity index (χ3v) is 6.15. The van der Waals surface area contributed by atoms with Gasteiger partial charge in [0.15, 0.2) is 8.32 Å². The number of amides is 1. The van der Waals surface area contributed by atoms with Gasteiger partial charge in [-0.2, -0.15) is 0 Å². The molecule has 1 heterocycles. The molecule has 1 aliphatic rings. The Hall–Kier alpha value is -1.99. The summed E-state index contributed by atoms with van der Waals surface area (Å²) in [4.78, 5) is 17.9. The van der Waals surface area contributed by atoms with Gasteiger partial charge in [-0.1, -0.05) is 60.7 Å². The number of hydrogen-bond acceptors (Lipinski definition) is 4. The van der Waals surface area contributed by atoms with Gasteiger partial charge in [0.25, 0.3) is 0 Å². The maximum absolute atomic E-state index is 12.1. The van der Waals surface area contributed by atoms with E-state index in [9.17, 15) is 4.79 Å². The molecule has 0 unspecified atom stereocenters. The van der Waals surface area contributed by atoms with Gasteiger partial charge in [-0.25, -0.2) is 5.06 Å². The first kappa shape index (κ1) is 22.7. The summed E-state index contributed by atoms with van der Waals surface area (Å²) < 4.78 is 12.6. The quantitative estimate of drug-likeness (QED) is 0.391. The van der Waals surface area contributed by atoms with Gasteiger partial charge in [0.05, 0.1) is 6.61 Å². The maximum atomic E-state index is 12.1. The molecule has 2 atom stereocenters. The second-order valence-electron chi connectivity index (χ2n) is 8.86. The van der Waals surface area contributed by atoms with Gasteiger partial charge in [-0.05, 0) is 43.6 Å². The van der Waals surface area contributed by atoms with E-state index >= 15 is 0 Å². The molecule has 1 aliphatic heterocycles. The van der Waals surface area contributed by atoms with Crippen LogP contribution in [0.15, 0.2) is 60.7 Å². The van der Waals surface area contributed by atoms with Crippen molar-refractivity contribution in [1.82, 2.24) is 5.06 Å². The van der Waals surface area contributed by atoms with Crippen molar-refractivity contribution in [2.45, 2.75) is 57.7 Å². The number of nitrogens with zero attached hydrogens (tertiary/aromatic N) is 1. The molecule has 2 aromatic rings. The van der Waals surface area contributed by atoms with Crippen molar-refractivity contribution < 1.29 is 18.8 Å². The summed E-state index contributed by atoms with van der Waals surface area (Å²) in [5, 5.41) is 1.46. The third-order valence-electron chi connectivity index (χ3n) is 5.13. The molecule has 0 spiro atoms. The second-order valence-corrected chi connectivity index (χ2v) is 13.3. The van der Waals surface area contributed by atoms with E-state index in [1.807, 2.05) is 48.5 Å². The van der Waals surface area contributed by atoms with Crippen LogP contribution in [0.1, 0.15) is 37.0 Å². The van der Waals surface area contributed by atoms with Gasteiger partial charge in [0, 0.05) is 13.5 Å². The van der Waals surface area contributed by atoms with Gasteiger partial charge < -0.3 is 9.16 Å². The van der Waals surface area contributed by atoms with Crippen molar-refractivity contribution in [3.63, 3.8) is 0 Å². The lowest BCUT2D eigenvalue weighted by molar-refractivity contribution is -0.237. The minimum Gasteiger partial charge on any atom is -0.407 e. The molecule has 6 heteroatoms. The summed E-state index contributed by atoms with van der Waals surface area (Å²) in [7, 11) is -1.79. The molecule has 162 valence electrons. The first-order valence-electron chi connectivity index (χ1n) is 10.6. The molecule has 0 radical (unpaired) electrons. The molecule has 5 nitrogen and oxygen atoms in total. The van der Waals surface area contributed by atoms with Gasteiger partial charge >= 0.3 is 0 Å². The SMILES string of the molecule is CC(=O)N(CCC[C@@]1(O[Si](C)(C)C)CO[C@@H]1c1ccccc1)OCc1ccccc1. The molecule has 0 aromatic heterocycles. The van der Waals surface area contributed by atoms with E-state index in [-0.39, 0.29) is 17.6 Å². The highest BCUT2D eigenvalue weighted by molar-refractivity contribution is 6.69. The van der Waals surface area contributed by atoms with Gasteiger partial charge in [-0.3, -0.25) is 9.63 Å². The smallest absolute Gasteiger partial charge is 0.243 e. The average Bonchev–Trinajstić information content (AvgIpc) is 2.69. The largest absolute Gasteiger partial charge is 0.407 e. The minimum atomic E-state index is -1.79. The van der Waals surface area contributed by atoms with Crippen LogP contribution in [0, 0.1) is 0 Å². The Balaban J connectivity index is 1.62. The number of hydrogen-bond donors (Lipinski definition) is 0. The fraction of sp³-hybridized carbons (Fsp3) is 0.458. The molecule has 1 amide bonds. The van der Waals surface area contributed by atoms with Crippen LogP contribution in [0.25, 0.3) is 0 Å². The molecule has 1 saturated heterocycles. The lowest BCUT2D eigenvalue weighted by atomic mass is 9.83. The topological polar surface area (TPSA) is 48.0 Å². The lowest BCUT2D eigenvalue weighted by Crippen LogP contribution is -2.58. The number of hydroxylamine groups is 2. The molecular weight excluding hydrogens is 394 g/mol. The predicted molar refractivity (Wildman–Crippen MR) is 120 cm³/mol. The highest BCUT2D eigenvalue weighted by Gasteiger charge is 2.51. The standard InChI is InChI=1S/C24H33NO4Si/c1-20(26)25(28-18-21-12-7-5-8-13-21)17-11-16-24(29-30(2,3)4)19-27-23(24)22-14-9-6-10-15-22/h5-10,12-15,23H,11,16-19H2,1-4H3/t23-,24-/m1/s1. The molecule has 0 saturated carbocycles. The average molecular weight is 428 g/mol. The van der Waals surface area contributed by atoms with E-state index in [2.05, 4.69) is 31.8 Å². The van der Waals surface area contributed by atoms with Crippen molar-refractivity contribution in [2.24, 2.45) is 0 Å². The Morgan fingerprint density at radius 2 is 1.73 bits per heavy atom. The van der Waals surface area contributed by atoms with Gasteiger partial charge in [-0.15, -0.1) is 0 Å². The van der Waals surface area contributed by atoms with Crippen LogP contribution in [0.4, 0.5) is 0 Å². The fourth-order valence-electron chi connectivity index (χ4n) is 3.89. The van der Waals surface area contributed by atoms with Crippen molar-refractivity contribution in [3.8, 4) is 0 Å². The summed E-state index contributed by atoms with van der Waals surface area (Å²) in [6, 6.07) is 20.1. The third kappa shape index (κ3) is 6.01. The van der Waals surface area contributed by atoms with E-state index in [4.69, 9.17) is 14.0 Å². The lowest BCUT2D eigenvalue weighted by Gasteiger charge is -2.52. The molecule has 3 rings (SSSR count). The molecule has 30 heavy (non-hydrogen) atoms. The van der Waals surface area contributed by atoms with Crippen LogP contribution in [0.2, 0.25) is 19.6 Å². The zero-order chi connectivity index (χ0) is 21.6. The first-order valence-corrected chi connectivity index (χ1v) is 14.0. The van der Waals surface area contributed by atoms with Crippen molar-refractivity contribution in [2.75, 3.05) is 13.2 Å². The van der Waals surface area contributed by atoms with E-state index in [0.29, 0.717) is 19.8 Å².